The molecule has 0 bridgehead atoms. The topological polar surface area (TPSA) is 82.6 Å². The molecule has 6 heteroatoms. The van der Waals surface area contributed by atoms with Crippen LogP contribution in [0.3, 0.4) is 0 Å². The van der Waals surface area contributed by atoms with Crippen molar-refractivity contribution in [3.05, 3.63) is 59.7 Å². The zero-order valence-electron chi connectivity index (χ0n) is 14.0. The molecule has 3 aromatic rings. The van der Waals surface area contributed by atoms with Gasteiger partial charge in [-0.05, 0) is 30.7 Å². The average Bonchev–Trinajstić information content (AvgIpc) is 2.72. The lowest BCUT2D eigenvalue weighted by Crippen LogP contribution is -2.26. The predicted molar refractivity (Wildman–Crippen MR) is 104 cm³/mol. The smallest absolute Gasteiger partial charge is 0.131 e. The van der Waals surface area contributed by atoms with E-state index in [4.69, 9.17) is 10.7 Å². The first-order chi connectivity index (χ1) is 11.9. The monoisotopic (exact) mass is 355 g/mol. The molecule has 0 unspecified atom stereocenters. The lowest BCUT2D eigenvalue weighted by atomic mass is 10.1. The minimum Gasteiger partial charge on any atom is -0.398 e. The molecule has 0 aliphatic carbocycles. The summed E-state index contributed by atoms with van der Waals surface area (Å²) in [4.78, 5) is 7.46. The summed E-state index contributed by atoms with van der Waals surface area (Å²) in [5.74, 6) is 1.05. The fourth-order valence-electron chi connectivity index (χ4n) is 3.29. The maximum atomic E-state index is 10.5. The fourth-order valence-corrected chi connectivity index (χ4v) is 4.84. The number of hydrogen-bond acceptors (Lipinski definition) is 5. The summed E-state index contributed by atoms with van der Waals surface area (Å²) >= 11 is 0. The maximum absolute atomic E-state index is 10.5. The van der Waals surface area contributed by atoms with Crippen molar-refractivity contribution in [3.8, 4) is 0 Å². The quantitative estimate of drug-likeness (QED) is 0.608. The van der Waals surface area contributed by atoms with E-state index in [1.165, 1.54) is 0 Å². The van der Waals surface area contributed by atoms with E-state index in [-0.39, 0.29) is 5.75 Å². The molecule has 1 aliphatic rings. The van der Waals surface area contributed by atoms with Crippen molar-refractivity contribution in [2.45, 2.75) is 18.4 Å². The Morgan fingerprint density at radius 2 is 1.92 bits per heavy atom. The van der Waals surface area contributed by atoms with Gasteiger partial charge in [0, 0.05) is 30.2 Å². The molecule has 2 aromatic carbocycles. The second-order valence-corrected chi connectivity index (χ2v) is 8.67. The van der Waals surface area contributed by atoms with Gasteiger partial charge in [-0.1, -0.05) is 29.8 Å². The number of nitrogen functional groups attached to an aromatic ring is 1. The van der Waals surface area contributed by atoms with Crippen LogP contribution in [-0.4, -0.2) is 26.4 Å². The van der Waals surface area contributed by atoms with E-state index in [9.17, 15) is 9.11 Å². The number of nitrogens with two attached hydrogens (primary N) is 1. The van der Waals surface area contributed by atoms with Crippen molar-refractivity contribution in [2.24, 2.45) is 0 Å². The van der Waals surface area contributed by atoms with Gasteiger partial charge in [-0.15, -0.1) is 0 Å². The van der Waals surface area contributed by atoms with Gasteiger partial charge in [0.1, 0.15) is 5.82 Å². The number of hydrogen-bond donors (Lipinski definition) is 3. The van der Waals surface area contributed by atoms with Gasteiger partial charge in [-0.25, -0.2) is 4.98 Å². The zero-order chi connectivity index (χ0) is 17.6. The van der Waals surface area contributed by atoms with Crippen LogP contribution in [0.15, 0.2) is 53.4 Å². The van der Waals surface area contributed by atoms with Crippen LogP contribution in [0, 0.1) is 6.92 Å². The van der Waals surface area contributed by atoms with Gasteiger partial charge in [0.15, 0.2) is 0 Å². The van der Waals surface area contributed by atoms with Crippen LogP contribution in [0.25, 0.3) is 10.9 Å². The van der Waals surface area contributed by atoms with Crippen LogP contribution in [-0.2, 0) is 6.54 Å². The molecule has 0 atom stereocenters. The normalized spacial score (nSPS) is 17.8. The highest BCUT2D eigenvalue weighted by molar-refractivity contribution is 8.24. The molecule has 25 heavy (non-hydrogen) atoms. The summed E-state index contributed by atoms with van der Waals surface area (Å²) in [6, 6.07) is 15.4. The number of aromatic nitrogens is 1. The molecule has 0 amide bonds. The van der Waals surface area contributed by atoms with Crippen LogP contribution in [0.4, 0.5) is 11.5 Å². The van der Waals surface area contributed by atoms with E-state index >= 15 is 0 Å². The number of fused-ring (bicyclic) bond motifs is 2. The Bertz CT molecular complexity index is 959. The first kappa shape index (κ1) is 16.2. The zero-order valence-corrected chi connectivity index (χ0v) is 14.8. The molecule has 5 nitrogen and oxygen atoms in total. The van der Waals surface area contributed by atoms with Gasteiger partial charge in [0.25, 0.3) is 0 Å². The first-order valence-electron chi connectivity index (χ1n) is 8.20. The molecule has 0 spiro atoms. The van der Waals surface area contributed by atoms with Gasteiger partial charge in [0.2, 0.25) is 0 Å². The van der Waals surface area contributed by atoms with Crippen LogP contribution < -0.4 is 10.6 Å². The van der Waals surface area contributed by atoms with Crippen LogP contribution in [0.5, 0.6) is 0 Å². The minimum absolute atomic E-state index is 0.289. The van der Waals surface area contributed by atoms with Crippen molar-refractivity contribution < 1.29 is 9.11 Å². The molecule has 4 N–H and O–H groups in total. The van der Waals surface area contributed by atoms with Crippen molar-refractivity contribution >= 4 is 33.0 Å². The highest BCUT2D eigenvalue weighted by Gasteiger charge is 2.26. The second-order valence-electron chi connectivity index (χ2n) is 6.49. The standard InChI is InChI=1S/C19H21N3O2S/c1-13-6-7-17-15(10-13)16(20)11-19(21-17)22-8-9-25(23,24)18-5-3-2-4-14(18)12-22/h2-7,10-11,23-24H,8-9,12H2,1H3,(H2,20,21). The van der Waals surface area contributed by atoms with E-state index in [0.717, 1.165) is 27.8 Å². The Balaban J connectivity index is 1.78. The second kappa shape index (κ2) is 5.91. The Labute approximate surface area is 148 Å². The number of aryl methyl sites for hydroxylation is 1. The van der Waals surface area contributed by atoms with Gasteiger partial charge < -0.3 is 10.6 Å². The Morgan fingerprint density at radius 3 is 2.76 bits per heavy atom. The maximum Gasteiger partial charge on any atom is 0.131 e. The third-order valence-electron chi connectivity index (χ3n) is 4.64. The summed E-state index contributed by atoms with van der Waals surface area (Å²) in [6.45, 7) is 3.13. The SMILES string of the molecule is Cc1ccc2nc(N3CCS(O)(O)c4ccccc4C3)cc(N)c2c1. The number of pyridine rings is 1. The third kappa shape index (κ3) is 2.93. The molecule has 1 aliphatic heterocycles. The van der Waals surface area contributed by atoms with E-state index < -0.39 is 10.6 Å². The molecular weight excluding hydrogens is 334 g/mol. The molecule has 1 aromatic heterocycles. The largest absolute Gasteiger partial charge is 0.398 e. The van der Waals surface area contributed by atoms with Crippen molar-refractivity contribution in [1.82, 2.24) is 4.98 Å². The summed E-state index contributed by atoms with van der Waals surface area (Å²) in [5, 5.41) is 0.947. The number of rotatable bonds is 1. The van der Waals surface area contributed by atoms with Crippen LogP contribution >= 0.6 is 10.6 Å². The molecule has 0 saturated heterocycles. The minimum atomic E-state index is -2.78. The Hall–Kier alpha value is -2.28. The lowest BCUT2D eigenvalue weighted by Gasteiger charge is -2.32. The van der Waals surface area contributed by atoms with Crippen molar-refractivity contribution in [2.75, 3.05) is 22.9 Å². The van der Waals surface area contributed by atoms with Gasteiger partial charge in [0.05, 0.1) is 16.2 Å². The first-order valence-corrected chi connectivity index (χ1v) is 9.91. The molecule has 0 radical (unpaired) electrons. The van der Waals surface area contributed by atoms with Gasteiger partial charge in [-0.2, -0.15) is 10.6 Å². The lowest BCUT2D eigenvalue weighted by molar-refractivity contribution is 0.488. The third-order valence-corrected chi connectivity index (χ3v) is 6.49. The average molecular weight is 355 g/mol. The van der Waals surface area contributed by atoms with Crippen LogP contribution in [0.2, 0.25) is 0 Å². The van der Waals surface area contributed by atoms with Gasteiger partial charge >= 0.3 is 0 Å². The Kier molecular flexibility index (Phi) is 3.83. The van der Waals surface area contributed by atoms with E-state index in [1.807, 2.05) is 49.4 Å². The van der Waals surface area contributed by atoms with E-state index in [2.05, 4.69) is 4.90 Å². The molecular formula is C19H21N3O2S. The predicted octanol–water partition coefficient (Wildman–Crippen LogP) is 4.26. The molecule has 130 valence electrons. The Morgan fingerprint density at radius 1 is 1.12 bits per heavy atom. The summed E-state index contributed by atoms with van der Waals surface area (Å²) in [6.07, 6.45) is 0. The number of benzene rings is 2. The van der Waals surface area contributed by atoms with Crippen molar-refractivity contribution in [3.63, 3.8) is 0 Å². The highest BCUT2D eigenvalue weighted by Crippen LogP contribution is 2.51. The molecule has 0 saturated carbocycles. The van der Waals surface area contributed by atoms with Gasteiger partial charge in [-0.3, -0.25) is 9.11 Å². The number of anilines is 2. The fraction of sp³-hybridized carbons (Fsp3) is 0.211. The highest BCUT2D eigenvalue weighted by atomic mass is 32.3. The van der Waals surface area contributed by atoms with Crippen LogP contribution in [0.1, 0.15) is 11.1 Å². The summed E-state index contributed by atoms with van der Waals surface area (Å²) in [5.41, 5.74) is 9.86. The molecule has 2 heterocycles. The van der Waals surface area contributed by atoms with Crippen molar-refractivity contribution in [1.29, 1.82) is 0 Å². The summed E-state index contributed by atoms with van der Waals surface area (Å²) < 4.78 is 21.0. The number of nitrogens with zero attached hydrogens (tertiary/aromatic N) is 2. The molecule has 0 fully saturated rings. The van der Waals surface area contributed by atoms with E-state index in [0.29, 0.717) is 23.7 Å². The van der Waals surface area contributed by atoms with E-state index in [1.54, 1.807) is 6.07 Å². The molecule has 4 rings (SSSR count). The summed E-state index contributed by atoms with van der Waals surface area (Å²) in [7, 11) is -2.78.